The van der Waals surface area contributed by atoms with Crippen molar-refractivity contribution >= 4 is 58.9 Å². The molecule has 0 amide bonds. The van der Waals surface area contributed by atoms with Crippen molar-refractivity contribution < 1.29 is 59.3 Å². The van der Waals surface area contributed by atoms with Crippen molar-refractivity contribution in [1.82, 2.24) is 0 Å². The van der Waals surface area contributed by atoms with Crippen LogP contribution in [0.15, 0.2) is 121 Å². The summed E-state index contributed by atoms with van der Waals surface area (Å²) < 4.78 is 59.8. The predicted octanol–water partition coefficient (Wildman–Crippen LogP) is 6.24. The van der Waals surface area contributed by atoms with Crippen LogP contribution in [0.4, 0.5) is 11.4 Å². The molecule has 56 heavy (non-hydrogen) atoms. The predicted molar refractivity (Wildman–Crippen MR) is 227 cm³/mol. The zero-order valence-electron chi connectivity index (χ0n) is 33.8. The number of allylic oxidation sites excluding steroid dienone is 8. The molecule has 0 N–H and O–H groups in total. The molecule has 11 heteroatoms. The molecule has 2 aliphatic heterocycles. The van der Waals surface area contributed by atoms with Crippen molar-refractivity contribution in [3.8, 4) is 0 Å². The van der Waals surface area contributed by atoms with Gasteiger partial charge in [0.2, 0.25) is 5.69 Å². The van der Waals surface area contributed by atoms with E-state index < -0.39 is 20.2 Å². The minimum absolute atomic E-state index is 0. The van der Waals surface area contributed by atoms with Crippen molar-refractivity contribution in [2.45, 2.75) is 64.2 Å². The molecule has 0 fully saturated rings. The molecule has 0 spiro atoms. The molecule has 0 saturated heterocycles. The van der Waals surface area contributed by atoms with Gasteiger partial charge in [-0.3, -0.25) is 8.37 Å². The van der Waals surface area contributed by atoms with Crippen LogP contribution < -0.4 is 34.5 Å². The number of nitrogens with zero attached hydrogens (tertiary/aromatic N) is 2. The van der Waals surface area contributed by atoms with E-state index in [9.17, 15) is 16.8 Å². The van der Waals surface area contributed by atoms with Crippen LogP contribution in [0.25, 0.3) is 21.5 Å². The third kappa shape index (κ3) is 9.18. The fourth-order valence-electron chi connectivity index (χ4n) is 8.10. The molecule has 0 aliphatic carbocycles. The van der Waals surface area contributed by atoms with Crippen LogP contribution in [-0.2, 0) is 39.4 Å². The summed E-state index contributed by atoms with van der Waals surface area (Å²) >= 11 is 0. The molecule has 8 nitrogen and oxygen atoms in total. The Bertz CT molecular complexity index is 2460. The molecule has 2 aliphatic rings. The van der Waals surface area contributed by atoms with E-state index in [4.69, 9.17) is 0 Å². The fraction of sp³-hybridized carbons (Fsp3) is 0.356. The van der Waals surface area contributed by atoms with Gasteiger partial charge in [0.15, 0.2) is 5.71 Å². The second-order valence-corrected chi connectivity index (χ2v) is 19.0. The summed E-state index contributed by atoms with van der Waals surface area (Å²) in [7, 11) is -4.59. The second-order valence-electron chi connectivity index (χ2n) is 15.3. The number of unbranched alkanes of at least 4 members (excludes halogenated alkanes) is 2. The first-order chi connectivity index (χ1) is 26.2. The quantitative estimate of drug-likeness (QED) is 0.0436. The topological polar surface area (TPSA) is 93.0 Å². The van der Waals surface area contributed by atoms with E-state index in [1.807, 2.05) is 18.2 Å². The molecule has 0 unspecified atom stereocenters. The molecule has 0 atom stereocenters. The molecule has 2 heterocycles. The average molecular weight is 805 g/mol. The Hall–Kier alpha value is -3.35. The van der Waals surface area contributed by atoms with Crippen molar-refractivity contribution in [2.75, 3.05) is 43.7 Å². The Kier molecular flexibility index (Phi) is 14.1. The molecule has 4 aromatic rings. The minimum atomic E-state index is -3.51. The standard InChI is InChI=1S/C45H53N2O6S2.Na/c1-44(2)38-28-26-34-20-12-14-22-36(34)42(38)46(30-16-18-32-54(48,49)52-5)40(44)24-10-8-7-9-11-25-41-45(3,4)39-29-27-35-21-13-15-23-37(35)43(39)47(41)31-17-19-33-55(50,51)53-6;/h7-15,20-29H,16-19,30-33H2,1-6H3;/q2*+1. The summed E-state index contributed by atoms with van der Waals surface area (Å²) in [6.07, 6.45) is 17.0. The monoisotopic (exact) mass is 804 g/mol. The smallest absolute Gasteiger partial charge is 0.343 e. The van der Waals surface area contributed by atoms with Gasteiger partial charge in [0.05, 0.1) is 42.2 Å². The summed E-state index contributed by atoms with van der Waals surface area (Å²) in [5.74, 6) is -0.00819. The molecule has 4 aromatic carbocycles. The van der Waals surface area contributed by atoms with Gasteiger partial charge in [-0.05, 0) is 61.6 Å². The van der Waals surface area contributed by atoms with Crippen LogP contribution in [0.3, 0.4) is 0 Å². The van der Waals surface area contributed by atoms with Gasteiger partial charge < -0.3 is 4.90 Å². The second kappa shape index (κ2) is 18.1. The molecular weight excluding hydrogens is 752 g/mol. The third-order valence-corrected chi connectivity index (χ3v) is 13.7. The van der Waals surface area contributed by atoms with Crippen LogP contribution in [0.2, 0.25) is 0 Å². The summed E-state index contributed by atoms with van der Waals surface area (Å²) in [5, 5.41) is 4.72. The normalized spacial score (nSPS) is 17.2. The molecule has 0 bridgehead atoms. The maximum atomic E-state index is 12.0. The summed E-state index contributed by atoms with van der Waals surface area (Å²) in [6.45, 7) is 10.4. The van der Waals surface area contributed by atoms with Gasteiger partial charge in [-0.25, -0.2) is 0 Å². The van der Waals surface area contributed by atoms with Gasteiger partial charge in [-0.1, -0.05) is 111 Å². The maximum absolute atomic E-state index is 12.0. The first-order valence-electron chi connectivity index (χ1n) is 19.0. The Morgan fingerprint density at radius 1 is 0.643 bits per heavy atom. The van der Waals surface area contributed by atoms with Crippen LogP contribution in [-0.4, -0.2) is 65.9 Å². The van der Waals surface area contributed by atoms with E-state index in [0.717, 1.165) is 11.4 Å². The largest absolute Gasteiger partial charge is 1.00 e. The van der Waals surface area contributed by atoms with Gasteiger partial charge in [-0.15, -0.1) is 0 Å². The van der Waals surface area contributed by atoms with Gasteiger partial charge in [-0.2, -0.15) is 21.4 Å². The molecule has 0 radical (unpaired) electrons. The van der Waals surface area contributed by atoms with Crippen molar-refractivity contribution in [1.29, 1.82) is 0 Å². The average Bonchev–Trinajstić information content (AvgIpc) is 3.52. The summed E-state index contributed by atoms with van der Waals surface area (Å²) in [5.41, 5.74) is 6.69. The fourth-order valence-corrected chi connectivity index (χ4v) is 9.55. The molecule has 0 aromatic heterocycles. The number of hydrogen-bond acceptors (Lipinski definition) is 7. The van der Waals surface area contributed by atoms with Gasteiger partial charge in [0, 0.05) is 41.1 Å². The van der Waals surface area contributed by atoms with Gasteiger partial charge in [0.25, 0.3) is 20.2 Å². The van der Waals surface area contributed by atoms with Crippen LogP contribution in [0, 0.1) is 0 Å². The van der Waals surface area contributed by atoms with E-state index in [1.54, 1.807) is 0 Å². The Balaban J connectivity index is 0.00000600. The summed E-state index contributed by atoms with van der Waals surface area (Å²) in [4.78, 5) is 2.37. The van der Waals surface area contributed by atoms with Crippen LogP contribution in [0.1, 0.15) is 64.5 Å². The van der Waals surface area contributed by atoms with E-state index in [2.05, 4.69) is 143 Å². The van der Waals surface area contributed by atoms with Crippen molar-refractivity contribution in [3.63, 3.8) is 0 Å². The number of hydrogen-bond donors (Lipinski definition) is 0. The van der Waals surface area contributed by atoms with Crippen molar-refractivity contribution in [2.24, 2.45) is 0 Å². The zero-order chi connectivity index (χ0) is 39.4. The SMILES string of the molecule is COS(=O)(=O)CCCCN1/C(=C/C=C/C=C/C=C/C2=[N+](CCCCS(=O)(=O)OC)c3c(ccc4ccccc34)C2(C)C)C(C)(C)c2ccc3ccccc3c21.[Na+]. The van der Waals surface area contributed by atoms with Gasteiger partial charge in [0.1, 0.15) is 6.54 Å². The van der Waals surface area contributed by atoms with Gasteiger partial charge >= 0.3 is 29.6 Å². The van der Waals surface area contributed by atoms with E-state index >= 15 is 0 Å². The van der Waals surface area contributed by atoms with Crippen LogP contribution >= 0.6 is 0 Å². The number of benzene rings is 4. The third-order valence-electron chi connectivity index (χ3n) is 11.1. The Morgan fingerprint density at radius 2 is 1.20 bits per heavy atom. The number of rotatable bonds is 16. The Morgan fingerprint density at radius 3 is 1.86 bits per heavy atom. The number of anilines is 1. The minimum Gasteiger partial charge on any atom is -0.343 e. The molecule has 0 saturated carbocycles. The molecule has 290 valence electrons. The van der Waals surface area contributed by atoms with Crippen molar-refractivity contribution in [3.05, 3.63) is 132 Å². The zero-order valence-corrected chi connectivity index (χ0v) is 37.4. The Labute approximate surface area is 355 Å². The first-order valence-corrected chi connectivity index (χ1v) is 22.1. The molecular formula is C45H53N2NaO6S2+2. The van der Waals surface area contributed by atoms with E-state index in [1.165, 1.54) is 58.3 Å². The van der Waals surface area contributed by atoms with E-state index in [0.29, 0.717) is 38.8 Å². The summed E-state index contributed by atoms with van der Waals surface area (Å²) in [6, 6.07) is 25.7. The molecule has 6 rings (SSSR count). The van der Waals surface area contributed by atoms with E-state index in [-0.39, 0.29) is 51.9 Å². The maximum Gasteiger partial charge on any atom is 1.00 e. The number of fused-ring (bicyclic) bond motifs is 6. The first kappa shape index (κ1) is 43.8. The van der Waals surface area contributed by atoms with Crippen LogP contribution in [0.5, 0.6) is 0 Å².